The molecule has 150 valence electrons. The Balaban J connectivity index is 1.54. The fourth-order valence-corrected chi connectivity index (χ4v) is 4.49. The van der Waals surface area contributed by atoms with Gasteiger partial charge < -0.3 is 10.1 Å². The van der Waals surface area contributed by atoms with Crippen molar-refractivity contribution in [3.05, 3.63) is 46.2 Å². The summed E-state index contributed by atoms with van der Waals surface area (Å²) in [4.78, 5) is 12.1. The molecule has 1 saturated heterocycles. The summed E-state index contributed by atoms with van der Waals surface area (Å²) in [5.74, 6) is 1.55. The van der Waals surface area contributed by atoms with Crippen LogP contribution in [-0.4, -0.2) is 38.3 Å². The highest BCUT2D eigenvalue weighted by Gasteiger charge is 2.29. The van der Waals surface area contributed by atoms with Crippen molar-refractivity contribution in [1.29, 1.82) is 5.26 Å². The van der Waals surface area contributed by atoms with E-state index in [9.17, 15) is 0 Å². The second-order valence-electron chi connectivity index (χ2n) is 7.04. The molecule has 0 radical (unpaired) electrons. The number of likely N-dealkylation sites (tertiary alicyclic amines) is 1. The lowest BCUT2D eigenvalue weighted by molar-refractivity contribution is 0.239. The zero-order valence-corrected chi connectivity index (χ0v) is 17.5. The maximum atomic E-state index is 8.97. The molecule has 0 aliphatic carbocycles. The van der Waals surface area contributed by atoms with Crippen LogP contribution in [0, 0.1) is 18.3 Å². The highest BCUT2D eigenvalue weighted by Crippen LogP contribution is 2.35. The molecule has 1 N–H and O–H groups in total. The predicted molar refractivity (Wildman–Crippen MR) is 111 cm³/mol. The van der Waals surface area contributed by atoms with E-state index in [4.69, 9.17) is 15.0 Å². The SMILES string of the molecule is COc1c(CN2CCC[C@@H]2c2cccc(Nc3ncc(C#N)s3)n2)c(C)nn1C. The van der Waals surface area contributed by atoms with Gasteiger partial charge in [-0.1, -0.05) is 17.4 Å². The summed E-state index contributed by atoms with van der Waals surface area (Å²) in [6.07, 6.45) is 3.76. The molecular weight excluding hydrogens is 386 g/mol. The second kappa shape index (κ2) is 8.19. The molecule has 4 rings (SSSR count). The summed E-state index contributed by atoms with van der Waals surface area (Å²) in [5, 5.41) is 17.4. The highest BCUT2D eigenvalue weighted by atomic mass is 32.1. The Labute approximate surface area is 173 Å². The molecule has 1 atom stereocenters. The Hall–Kier alpha value is -2.96. The maximum absolute atomic E-state index is 8.97. The third kappa shape index (κ3) is 3.95. The average Bonchev–Trinajstić information content (AvgIpc) is 3.42. The first kappa shape index (κ1) is 19.4. The van der Waals surface area contributed by atoms with Gasteiger partial charge >= 0.3 is 0 Å². The number of ether oxygens (including phenoxy) is 1. The van der Waals surface area contributed by atoms with E-state index >= 15 is 0 Å². The highest BCUT2D eigenvalue weighted by molar-refractivity contribution is 7.16. The van der Waals surface area contributed by atoms with Crippen LogP contribution in [0.25, 0.3) is 0 Å². The number of methoxy groups -OCH3 is 1. The Morgan fingerprint density at radius 1 is 1.41 bits per heavy atom. The van der Waals surface area contributed by atoms with Crippen molar-refractivity contribution in [2.75, 3.05) is 19.0 Å². The van der Waals surface area contributed by atoms with Crippen LogP contribution >= 0.6 is 11.3 Å². The van der Waals surface area contributed by atoms with Crippen molar-refractivity contribution in [3.63, 3.8) is 0 Å². The first-order valence-corrected chi connectivity index (χ1v) is 10.3. The lowest BCUT2D eigenvalue weighted by Crippen LogP contribution is -2.24. The van der Waals surface area contributed by atoms with Crippen LogP contribution in [0.3, 0.4) is 0 Å². The number of rotatable bonds is 6. The first-order chi connectivity index (χ1) is 14.1. The average molecular weight is 410 g/mol. The number of hydrogen-bond donors (Lipinski definition) is 1. The summed E-state index contributed by atoms with van der Waals surface area (Å²) in [6, 6.07) is 8.35. The molecule has 8 nitrogen and oxygen atoms in total. The standard InChI is InChI=1S/C20H23N7OS/c1-13-15(19(28-3)26(2)25-13)12-27-9-5-7-17(27)16-6-4-8-18(23-16)24-20-22-11-14(10-21)29-20/h4,6,8,11,17H,5,7,9,12H2,1-3H3,(H,22,23,24)/t17-/m1/s1. The van der Waals surface area contributed by atoms with Crippen LogP contribution in [0.2, 0.25) is 0 Å². The maximum Gasteiger partial charge on any atom is 0.216 e. The number of pyridine rings is 1. The van der Waals surface area contributed by atoms with E-state index in [1.165, 1.54) is 11.3 Å². The van der Waals surface area contributed by atoms with E-state index < -0.39 is 0 Å². The van der Waals surface area contributed by atoms with Crippen LogP contribution in [0.5, 0.6) is 5.88 Å². The molecule has 0 bridgehead atoms. The Morgan fingerprint density at radius 2 is 2.28 bits per heavy atom. The molecule has 3 aromatic rings. The zero-order chi connectivity index (χ0) is 20.4. The molecule has 4 heterocycles. The van der Waals surface area contributed by atoms with Crippen molar-refractivity contribution in [3.8, 4) is 11.9 Å². The Kier molecular flexibility index (Phi) is 5.47. The smallest absolute Gasteiger partial charge is 0.216 e. The molecule has 0 aromatic carbocycles. The lowest BCUT2D eigenvalue weighted by atomic mass is 10.1. The lowest BCUT2D eigenvalue weighted by Gasteiger charge is -2.24. The first-order valence-electron chi connectivity index (χ1n) is 9.49. The number of nitriles is 1. The number of nitrogens with zero attached hydrogens (tertiary/aromatic N) is 6. The summed E-state index contributed by atoms with van der Waals surface area (Å²) in [5.41, 5.74) is 3.16. The van der Waals surface area contributed by atoms with Crippen molar-refractivity contribution < 1.29 is 4.74 Å². The Bertz CT molecular complexity index is 1050. The van der Waals surface area contributed by atoms with Gasteiger partial charge in [0.1, 0.15) is 16.8 Å². The van der Waals surface area contributed by atoms with E-state index in [0.717, 1.165) is 54.6 Å². The molecule has 1 fully saturated rings. The fourth-order valence-electron chi connectivity index (χ4n) is 3.87. The van der Waals surface area contributed by atoms with Gasteiger partial charge in [-0.3, -0.25) is 4.90 Å². The number of anilines is 2. The van der Waals surface area contributed by atoms with Crippen LogP contribution in [0.1, 0.15) is 40.7 Å². The van der Waals surface area contributed by atoms with Crippen molar-refractivity contribution >= 4 is 22.3 Å². The van der Waals surface area contributed by atoms with E-state index in [-0.39, 0.29) is 6.04 Å². The van der Waals surface area contributed by atoms with E-state index in [1.807, 2.05) is 26.1 Å². The van der Waals surface area contributed by atoms with Gasteiger partial charge in [-0.2, -0.15) is 10.4 Å². The predicted octanol–water partition coefficient (Wildman–Crippen LogP) is 3.54. The van der Waals surface area contributed by atoms with Crippen LogP contribution in [0.15, 0.2) is 24.4 Å². The normalized spacial score (nSPS) is 16.7. The molecule has 0 spiro atoms. The zero-order valence-electron chi connectivity index (χ0n) is 16.7. The van der Waals surface area contributed by atoms with Gasteiger partial charge in [-0.15, -0.1) is 0 Å². The van der Waals surface area contributed by atoms with Gasteiger partial charge in [-0.25, -0.2) is 14.6 Å². The molecule has 29 heavy (non-hydrogen) atoms. The summed E-state index contributed by atoms with van der Waals surface area (Å²) >= 11 is 1.32. The second-order valence-corrected chi connectivity index (χ2v) is 8.07. The van der Waals surface area contributed by atoms with Crippen molar-refractivity contribution in [1.82, 2.24) is 24.6 Å². The van der Waals surface area contributed by atoms with E-state index in [1.54, 1.807) is 18.0 Å². The van der Waals surface area contributed by atoms with Crippen LogP contribution in [-0.2, 0) is 13.6 Å². The fraction of sp³-hybridized carbons (Fsp3) is 0.400. The molecule has 1 aliphatic rings. The summed E-state index contributed by atoms with van der Waals surface area (Å²) < 4.78 is 7.36. The number of aryl methyl sites for hydroxylation is 2. The van der Waals surface area contributed by atoms with Crippen molar-refractivity contribution in [2.45, 2.75) is 32.4 Å². The molecule has 0 amide bonds. The molecule has 3 aromatic heterocycles. The van der Waals surface area contributed by atoms with E-state index in [0.29, 0.717) is 10.0 Å². The summed E-state index contributed by atoms with van der Waals surface area (Å²) in [7, 11) is 3.60. The topological polar surface area (TPSA) is 91.9 Å². The summed E-state index contributed by atoms with van der Waals surface area (Å²) in [6.45, 7) is 3.82. The minimum atomic E-state index is 0.243. The molecule has 0 saturated carbocycles. The third-order valence-electron chi connectivity index (χ3n) is 5.17. The number of thiazole rings is 1. The minimum absolute atomic E-state index is 0.243. The molecular formula is C20H23N7OS. The molecule has 1 aliphatic heterocycles. The van der Waals surface area contributed by atoms with Crippen molar-refractivity contribution in [2.24, 2.45) is 7.05 Å². The molecule has 0 unspecified atom stereocenters. The third-order valence-corrected chi connectivity index (χ3v) is 5.99. The number of nitrogens with one attached hydrogen (secondary N) is 1. The largest absolute Gasteiger partial charge is 0.481 e. The monoisotopic (exact) mass is 409 g/mol. The van der Waals surface area contributed by atoms with E-state index in [2.05, 4.69) is 32.4 Å². The number of aromatic nitrogens is 4. The van der Waals surface area contributed by atoms with Gasteiger partial charge in [0.05, 0.1) is 36.3 Å². The van der Waals surface area contributed by atoms with Gasteiger partial charge in [0.25, 0.3) is 0 Å². The quantitative estimate of drug-likeness (QED) is 0.666. The van der Waals surface area contributed by atoms with Gasteiger partial charge in [0.15, 0.2) is 5.13 Å². The van der Waals surface area contributed by atoms with Gasteiger partial charge in [0, 0.05) is 13.6 Å². The number of hydrogen-bond acceptors (Lipinski definition) is 8. The van der Waals surface area contributed by atoms with Crippen LogP contribution in [0.4, 0.5) is 10.9 Å². The van der Waals surface area contributed by atoms with Crippen LogP contribution < -0.4 is 10.1 Å². The Morgan fingerprint density at radius 3 is 3.03 bits per heavy atom. The minimum Gasteiger partial charge on any atom is -0.481 e. The molecule has 9 heteroatoms. The van der Waals surface area contributed by atoms with Gasteiger partial charge in [0.2, 0.25) is 5.88 Å². The van der Waals surface area contributed by atoms with Gasteiger partial charge in [-0.05, 0) is 38.4 Å².